The van der Waals surface area contributed by atoms with Gasteiger partial charge in [-0.2, -0.15) is 13.2 Å². The van der Waals surface area contributed by atoms with Gasteiger partial charge in [-0.05, 0) is 31.0 Å². The van der Waals surface area contributed by atoms with Crippen LogP contribution < -0.4 is 4.90 Å². The summed E-state index contributed by atoms with van der Waals surface area (Å²) in [6.07, 6.45) is -2.88. The van der Waals surface area contributed by atoms with Crippen molar-refractivity contribution in [2.45, 2.75) is 29.9 Å². The van der Waals surface area contributed by atoms with Gasteiger partial charge >= 0.3 is 6.18 Å². The number of pyridine rings is 1. The van der Waals surface area contributed by atoms with Crippen LogP contribution in [0.5, 0.6) is 0 Å². The van der Waals surface area contributed by atoms with E-state index in [1.165, 1.54) is 4.40 Å². The molecule has 1 atom stereocenters. The molecular weight excluding hydrogens is 413 g/mol. The maximum atomic E-state index is 13.1. The van der Waals surface area contributed by atoms with E-state index >= 15 is 0 Å². The number of carbonyl (C=O) groups is 1. The predicted octanol–water partition coefficient (Wildman–Crippen LogP) is 4.47. The number of rotatable bonds is 3. The first-order valence-electron chi connectivity index (χ1n) is 8.43. The number of para-hydroxylation sites is 1. The molecule has 1 aromatic carbocycles. The van der Waals surface area contributed by atoms with Gasteiger partial charge < -0.3 is 4.90 Å². The van der Waals surface area contributed by atoms with E-state index < -0.39 is 17.0 Å². The third-order valence-electron chi connectivity index (χ3n) is 4.54. The number of carbonyl (C=O) groups excluding carboxylic acids is 1. The largest absolute Gasteiger partial charge is 0.417 e. The standard InChI is InChI=1S/C18H14ClF3N4OS/c1-10(16(27)25-7-6-11-4-2-3-5-14(11)25)28-17-24-23-15-13(19)8-12(9-26(15)17)18(20,21)22/h2-5,8-10H,6-7H2,1H3/t10-/m1/s1. The number of hydrogen-bond donors (Lipinski definition) is 0. The molecule has 1 aliphatic rings. The monoisotopic (exact) mass is 426 g/mol. The Labute approximate surface area is 167 Å². The minimum atomic E-state index is -4.55. The Balaban J connectivity index is 1.61. The molecule has 0 unspecified atom stereocenters. The lowest BCUT2D eigenvalue weighted by Gasteiger charge is -2.21. The topological polar surface area (TPSA) is 50.5 Å². The summed E-state index contributed by atoms with van der Waals surface area (Å²) < 4.78 is 40.4. The van der Waals surface area contributed by atoms with E-state index in [0.29, 0.717) is 6.54 Å². The number of amides is 1. The molecule has 4 rings (SSSR count). The van der Waals surface area contributed by atoms with Crippen LogP contribution in [0.3, 0.4) is 0 Å². The van der Waals surface area contributed by atoms with Crippen molar-refractivity contribution in [1.82, 2.24) is 14.6 Å². The number of benzene rings is 1. The van der Waals surface area contributed by atoms with Gasteiger partial charge in [0.25, 0.3) is 0 Å². The second kappa shape index (κ2) is 6.97. The fourth-order valence-electron chi connectivity index (χ4n) is 3.16. The van der Waals surface area contributed by atoms with Crippen LogP contribution in [0.25, 0.3) is 5.65 Å². The molecule has 0 spiro atoms. The van der Waals surface area contributed by atoms with Crippen LogP contribution in [0.4, 0.5) is 18.9 Å². The molecule has 0 saturated heterocycles. The van der Waals surface area contributed by atoms with Crippen molar-refractivity contribution in [3.05, 3.63) is 52.7 Å². The Morgan fingerprint density at radius 2 is 2.04 bits per heavy atom. The summed E-state index contributed by atoms with van der Waals surface area (Å²) in [6.45, 7) is 2.28. The second-order valence-electron chi connectivity index (χ2n) is 6.38. The molecule has 2 aromatic heterocycles. The van der Waals surface area contributed by atoms with Gasteiger partial charge in [-0.15, -0.1) is 10.2 Å². The summed E-state index contributed by atoms with van der Waals surface area (Å²) >= 11 is 6.98. The molecule has 0 fully saturated rings. The first-order chi connectivity index (χ1) is 13.3. The van der Waals surface area contributed by atoms with Crippen molar-refractivity contribution >= 4 is 40.6 Å². The lowest BCUT2D eigenvalue weighted by Crippen LogP contribution is -2.35. The van der Waals surface area contributed by atoms with Crippen LogP contribution in [-0.4, -0.2) is 32.3 Å². The van der Waals surface area contributed by atoms with E-state index in [2.05, 4.69) is 10.2 Å². The van der Waals surface area contributed by atoms with Gasteiger partial charge in [0.1, 0.15) is 0 Å². The van der Waals surface area contributed by atoms with Gasteiger partial charge in [0.05, 0.1) is 15.8 Å². The molecule has 3 heterocycles. The molecule has 10 heteroatoms. The minimum absolute atomic E-state index is 0.114. The number of nitrogens with zero attached hydrogens (tertiary/aromatic N) is 4. The Hall–Kier alpha value is -2.26. The molecule has 0 aliphatic carbocycles. The molecular formula is C18H14ClF3N4OS. The first kappa shape index (κ1) is 19.1. The van der Waals surface area contributed by atoms with Gasteiger partial charge in [-0.3, -0.25) is 9.20 Å². The van der Waals surface area contributed by atoms with Crippen molar-refractivity contribution < 1.29 is 18.0 Å². The highest BCUT2D eigenvalue weighted by Crippen LogP contribution is 2.35. The van der Waals surface area contributed by atoms with Gasteiger partial charge in [0, 0.05) is 18.4 Å². The normalized spacial score (nSPS) is 15.1. The Bertz CT molecular complexity index is 1070. The summed E-state index contributed by atoms with van der Waals surface area (Å²) in [4.78, 5) is 14.6. The molecule has 1 amide bonds. The van der Waals surface area contributed by atoms with Crippen LogP contribution in [0, 0.1) is 0 Å². The van der Waals surface area contributed by atoms with Crippen molar-refractivity contribution in [3.63, 3.8) is 0 Å². The van der Waals surface area contributed by atoms with E-state index in [-0.39, 0.29) is 21.7 Å². The van der Waals surface area contributed by atoms with Gasteiger partial charge in [-0.1, -0.05) is 41.6 Å². The summed E-state index contributed by atoms with van der Waals surface area (Å²) in [6, 6.07) is 8.48. The predicted molar refractivity (Wildman–Crippen MR) is 101 cm³/mol. The number of alkyl halides is 3. The Morgan fingerprint density at radius 1 is 1.29 bits per heavy atom. The van der Waals surface area contributed by atoms with Crippen LogP contribution in [0.2, 0.25) is 5.02 Å². The number of anilines is 1. The second-order valence-corrected chi connectivity index (χ2v) is 8.09. The lowest BCUT2D eigenvalue weighted by atomic mass is 10.2. The number of fused-ring (bicyclic) bond motifs is 2. The molecule has 0 N–H and O–H groups in total. The number of halogens is 4. The smallest absolute Gasteiger partial charge is 0.311 e. The minimum Gasteiger partial charge on any atom is -0.311 e. The fraction of sp³-hybridized carbons (Fsp3) is 0.278. The summed E-state index contributed by atoms with van der Waals surface area (Å²) in [7, 11) is 0. The SMILES string of the molecule is C[C@@H](Sc1nnc2c(Cl)cc(C(F)(F)F)cn12)C(=O)N1CCc2ccccc21. The van der Waals surface area contributed by atoms with Crippen LogP contribution >= 0.6 is 23.4 Å². The quantitative estimate of drug-likeness (QED) is 0.580. The lowest BCUT2D eigenvalue weighted by molar-refractivity contribution is -0.137. The summed E-state index contributed by atoms with van der Waals surface area (Å²) in [5.41, 5.74) is 1.18. The van der Waals surface area contributed by atoms with Crippen LogP contribution in [-0.2, 0) is 17.4 Å². The zero-order chi connectivity index (χ0) is 20.1. The van der Waals surface area contributed by atoms with Gasteiger partial charge in [0.2, 0.25) is 5.91 Å². The maximum Gasteiger partial charge on any atom is 0.417 e. The van der Waals surface area contributed by atoms with Crippen molar-refractivity contribution in [2.75, 3.05) is 11.4 Å². The number of aromatic nitrogens is 3. The highest BCUT2D eigenvalue weighted by molar-refractivity contribution is 8.00. The summed E-state index contributed by atoms with van der Waals surface area (Å²) in [5, 5.41) is 7.24. The average molecular weight is 427 g/mol. The van der Waals surface area contributed by atoms with Crippen molar-refractivity contribution in [3.8, 4) is 0 Å². The highest BCUT2D eigenvalue weighted by Gasteiger charge is 2.33. The highest BCUT2D eigenvalue weighted by atomic mass is 35.5. The zero-order valence-corrected chi connectivity index (χ0v) is 16.1. The fourth-order valence-corrected chi connectivity index (χ4v) is 4.30. The Kier molecular flexibility index (Phi) is 4.75. The van der Waals surface area contributed by atoms with E-state index in [9.17, 15) is 18.0 Å². The first-order valence-corrected chi connectivity index (χ1v) is 9.69. The molecule has 0 radical (unpaired) electrons. The van der Waals surface area contributed by atoms with Crippen LogP contribution in [0.15, 0.2) is 41.7 Å². The van der Waals surface area contributed by atoms with Crippen molar-refractivity contribution in [1.29, 1.82) is 0 Å². The molecule has 0 bridgehead atoms. The maximum absolute atomic E-state index is 13.1. The van der Waals surface area contributed by atoms with E-state index in [4.69, 9.17) is 11.6 Å². The third kappa shape index (κ3) is 3.33. The zero-order valence-electron chi connectivity index (χ0n) is 14.6. The summed E-state index contributed by atoms with van der Waals surface area (Å²) in [5.74, 6) is -0.134. The molecule has 28 heavy (non-hydrogen) atoms. The van der Waals surface area contributed by atoms with Crippen LogP contribution in [0.1, 0.15) is 18.1 Å². The van der Waals surface area contributed by atoms with Gasteiger partial charge in [0.15, 0.2) is 10.8 Å². The van der Waals surface area contributed by atoms with Gasteiger partial charge in [-0.25, -0.2) is 0 Å². The average Bonchev–Trinajstić information content (AvgIpc) is 3.25. The number of hydrogen-bond acceptors (Lipinski definition) is 4. The Morgan fingerprint density at radius 3 is 2.79 bits per heavy atom. The molecule has 1 aliphatic heterocycles. The molecule has 3 aromatic rings. The molecule has 5 nitrogen and oxygen atoms in total. The molecule has 146 valence electrons. The van der Waals surface area contributed by atoms with E-state index in [1.807, 2.05) is 24.3 Å². The van der Waals surface area contributed by atoms with E-state index in [1.54, 1.807) is 11.8 Å². The van der Waals surface area contributed by atoms with Crippen molar-refractivity contribution in [2.24, 2.45) is 0 Å². The number of thioether (sulfide) groups is 1. The molecule has 0 saturated carbocycles. The van der Waals surface area contributed by atoms with E-state index in [0.717, 1.165) is 41.7 Å². The third-order valence-corrected chi connectivity index (χ3v) is 5.86.